The number of hydrogen-bond donors (Lipinski definition) is 2. The lowest BCUT2D eigenvalue weighted by molar-refractivity contribution is -0.125. The molecule has 1 amide bonds. The van der Waals surface area contributed by atoms with Crippen LogP contribution in [-0.4, -0.2) is 37.1 Å². The summed E-state index contributed by atoms with van der Waals surface area (Å²) in [4.78, 5) is 14.4. The van der Waals surface area contributed by atoms with Crippen molar-refractivity contribution >= 4 is 34.0 Å². The number of fused-ring (bicyclic) bond motifs is 1. The highest BCUT2D eigenvalue weighted by atomic mass is 32.1. The third kappa shape index (κ3) is 3.05. The number of carbonyl (C=O) groups is 1. The van der Waals surface area contributed by atoms with Crippen LogP contribution in [0.25, 0.3) is 10.8 Å². The van der Waals surface area contributed by atoms with E-state index < -0.39 is 0 Å². The molecule has 0 aromatic heterocycles. The number of allylic oxidation sites excluding steroid dienone is 1. The number of carbonyl (C=O) groups excluding carboxylic acids is 1. The Labute approximate surface area is 152 Å². The number of benzene rings is 2. The van der Waals surface area contributed by atoms with Crippen LogP contribution >= 0.6 is 12.2 Å². The van der Waals surface area contributed by atoms with Crippen molar-refractivity contribution in [3.8, 4) is 5.75 Å². The van der Waals surface area contributed by atoms with Crippen LogP contribution < -0.4 is 15.4 Å². The van der Waals surface area contributed by atoms with Gasteiger partial charge in [0.05, 0.1) is 18.7 Å². The van der Waals surface area contributed by atoms with E-state index in [-0.39, 0.29) is 11.9 Å². The Morgan fingerprint density at radius 1 is 1.16 bits per heavy atom. The minimum absolute atomic E-state index is 0.0510. The minimum Gasteiger partial charge on any atom is -0.496 e. The van der Waals surface area contributed by atoms with Crippen LogP contribution in [0, 0.1) is 0 Å². The van der Waals surface area contributed by atoms with Gasteiger partial charge in [-0.1, -0.05) is 30.3 Å². The molecule has 2 N–H and O–H groups in total. The molecule has 2 aromatic carbocycles. The molecule has 1 aliphatic heterocycles. The highest BCUT2D eigenvalue weighted by Gasteiger charge is 2.31. The van der Waals surface area contributed by atoms with Crippen LogP contribution in [-0.2, 0) is 4.79 Å². The Bertz CT molecular complexity index is 889. The van der Waals surface area contributed by atoms with Crippen molar-refractivity contribution in [1.29, 1.82) is 0 Å². The molecule has 0 bridgehead atoms. The number of amides is 1. The van der Waals surface area contributed by atoms with E-state index in [9.17, 15) is 4.79 Å². The fraction of sp³-hybridized carbons (Fsp3) is 0.263. The zero-order valence-corrected chi connectivity index (χ0v) is 15.5. The Morgan fingerprint density at radius 3 is 2.48 bits per heavy atom. The monoisotopic (exact) mass is 355 g/mol. The molecule has 0 saturated carbocycles. The standard InChI is InChI=1S/C19H21N3O2S/c1-11-16(18(23)22(2)3)17(21-19(25)20-11)14-9-10-15(24-4)13-8-6-5-7-12(13)14/h5-10,17H,1-4H3,(H2,20,21,25). The van der Waals surface area contributed by atoms with Gasteiger partial charge < -0.3 is 20.3 Å². The molecular formula is C19H21N3O2S. The predicted octanol–water partition coefficient (Wildman–Crippen LogP) is 2.73. The Balaban J connectivity index is 2.23. The quantitative estimate of drug-likeness (QED) is 0.829. The van der Waals surface area contributed by atoms with Gasteiger partial charge in [0.1, 0.15) is 5.75 Å². The van der Waals surface area contributed by atoms with Crippen molar-refractivity contribution in [2.45, 2.75) is 13.0 Å². The second-order valence-electron chi connectivity index (χ2n) is 6.17. The average Bonchev–Trinajstić information content (AvgIpc) is 2.59. The third-order valence-corrected chi connectivity index (χ3v) is 4.57. The summed E-state index contributed by atoms with van der Waals surface area (Å²) in [5.74, 6) is 0.752. The van der Waals surface area contributed by atoms with E-state index in [2.05, 4.69) is 10.6 Å². The van der Waals surface area contributed by atoms with E-state index in [0.29, 0.717) is 10.7 Å². The smallest absolute Gasteiger partial charge is 0.253 e. The molecule has 1 aliphatic rings. The number of likely N-dealkylation sites (N-methyl/N-ethyl adjacent to an activating group) is 1. The second-order valence-corrected chi connectivity index (χ2v) is 6.58. The van der Waals surface area contributed by atoms with E-state index in [0.717, 1.165) is 27.8 Å². The maximum Gasteiger partial charge on any atom is 0.253 e. The normalized spacial score (nSPS) is 17.1. The average molecular weight is 355 g/mol. The molecule has 1 unspecified atom stereocenters. The van der Waals surface area contributed by atoms with E-state index in [4.69, 9.17) is 17.0 Å². The molecule has 0 saturated heterocycles. The fourth-order valence-electron chi connectivity index (χ4n) is 3.18. The van der Waals surface area contributed by atoms with Gasteiger partial charge in [-0.3, -0.25) is 4.79 Å². The van der Waals surface area contributed by atoms with Crippen molar-refractivity contribution in [1.82, 2.24) is 15.5 Å². The summed E-state index contributed by atoms with van der Waals surface area (Å²) in [7, 11) is 5.15. The molecule has 0 radical (unpaired) electrons. The first-order chi connectivity index (χ1) is 11.9. The zero-order chi connectivity index (χ0) is 18.1. The number of thiocarbonyl (C=S) groups is 1. The van der Waals surface area contributed by atoms with Gasteiger partial charge in [0, 0.05) is 25.2 Å². The number of hydrogen-bond acceptors (Lipinski definition) is 3. The van der Waals surface area contributed by atoms with E-state index in [1.54, 1.807) is 26.1 Å². The Hall–Kier alpha value is -2.60. The number of nitrogens with zero attached hydrogens (tertiary/aromatic N) is 1. The molecule has 1 heterocycles. The highest BCUT2D eigenvalue weighted by Crippen LogP contribution is 2.36. The fourth-order valence-corrected chi connectivity index (χ4v) is 3.45. The van der Waals surface area contributed by atoms with Gasteiger partial charge in [-0.25, -0.2) is 0 Å². The number of nitrogens with one attached hydrogen (secondary N) is 2. The van der Waals surface area contributed by atoms with Gasteiger partial charge in [-0.2, -0.15) is 0 Å². The SMILES string of the molecule is COc1ccc(C2NC(=S)NC(C)=C2C(=O)N(C)C)c2ccccc12. The summed E-state index contributed by atoms with van der Waals surface area (Å²) in [6.07, 6.45) is 0. The van der Waals surface area contributed by atoms with Crippen LogP contribution in [0.4, 0.5) is 0 Å². The first kappa shape index (κ1) is 17.2. The van der Waals surface area contributed by atoms with Crippen molar-refractivity contribution in [3.05, 3.63) is 53.2 Å². The van der Waals surface area contributed by atoms with Gasteiger partial charge in [-0.05, 0) is 36.2 Å². The summed E-state index contributed by atoms with van der Waals surface area (Å²) in [5, 5.41) is 8.86. The first-order valence-corrected chi connectivity index (χ1v) is 8.40. The van der Waals surface area contributed by atoms with Crippen LogP contribution in [0.3, 0.4) is 0 Å². The predicted molar refractivity (Wildman–Crippen MR) is 104 cm³/mol. The van der Waals surface area contributed by atoms with E-state index in [1.165, 1.54) is 0 Å². The van der Waals surface area contributed by atoms with Crippen LogP contribution in [0.1, 0.15) is 18.5 Å². The third-order valence-electron chi connectivity index (χ3n) is 4.35. The summed E-state index contributed by atoms with van der Waals surface area (Å²) in [6, 6.07) is 11.6. The number of methoxy groups -OCH3 is 1. The molecule has 1 atom stereocenters. The van der Waals surface area contributed by atoms with Crippen LogP contribution in [0.15, 0.2) is 47.7 Å². The van der Waals surface area contributed by atoms with Gasteiger partial charge in [0.15, 0.2) is 5.11 Å². The van der Waals surface area contributed by atoms with Crippen molar-refractivity contribution in [2.24, 2.45) is 0 Å². The lowest BCUT2D eigenvalue weighted by Gasteiger charge is -2.32. The summed E-state index contributed by atoms with van der Waals surface area (Å²) < 4.78 is 5.48. The van der Waals surface area contributed by atoms with Crippen molar-refractivity contribution in [2.75, 3.05) is 21.2 Å². The van der Waals surface area contributed by atoms with Gasteiger partial charge in [-0.15, -0.1) is 0 Å². The molecule has 6 heteroatoms. The molecule has 0 aliphatic carbocycles. The second kappa shape index (κ2) is 6.72. The minimum atomic E-state index is -0.320. The molecule has 25 heavy (non-hydrogen) atoms. The lowest BCUT2D eigenvalue weighted by atomic mass is 9.90. The summed E-state index contributed by atoms with van der Waals surface area (Å²) in [5.41, 5.74) is 2.42. The van der Waals surface area contributed by atoms with Crippen LogP contribution in [0.2, 0.25) is 0 Å². The Morgan fingerprint density at radius 2 is 1.84 bits per heavy atom. The van der Waals surface area contributed by atoms with Gasteiger partial charge >= 0.3 is 0 Å². The lowest BCUT2D eigenvalue weighted by Crippen LogP contribution is -2.46. The zero-order valence-electron chi connectivity index (χ0n) is 14.7. The molecule has 3 rings (SSSR count). The van der Waals surface area contributed by atoms with E-state index >= 15 is 0 Å². The Kier molecular flexibility index (Phi) is 4.63. The first-order valence-electron chi connectivity index (χ1n) is 7.99. The summed E-state index contributed by atoms with van der Waals surface area (Å²) >= 11 is 5.33. The molecular weight excluding hydrogens is 334 g/mol. The molecule has 2 aromatic rings. The number of rotatable bonds is 3. The van der Waals surface area contributed by atoms with Crippen molar-refractivity contribution < 1.29 is 9.53 Å². The summed E-state index contributed by atoms with van der Waals surface area (Å²) in [6.45, 7) is 1.88. The molecule has 5 nitrogen and oxygen atoms in total. The number of ether oxygens (including phenoxy) is 1. The van der Waals surface area contributed by atoms with E-state index in [1.807, 2.05) is 43.3 Å². The molecule has 0 spiro atoms. The molecule has 130 valence electrons. The van der Waals surface area contributed by atoms with Crippen molar-refractivity contribution in [3.63, 3.8) is 0 Å². The topological polar surface area (TPSA) is 53.6 Å². The van der Waals surface area contributed by atoms with Crippen LogP contribution in [0.5, 0.6) is 5.75 Å². The maximum atomic E-state index is 12.8. The largest absolute Gasteiger partial charge is 0.496 e. The highest BCUT2D eigenvalue weighted by molar-refractivity contribution is 7.80. The maximum absolute atomic E-state index is 12.8. The van der Waals surface area contributed by atoms with Gasteiger partial charge in [0.2, 0.25) is 0 Å². The molecule has 0 fully saturated rings. The van der Waals surface area contributed by atoms with Gasteiger partial charge in [0.25, 0.3) is 5.91 Å².